The summed E-state index contributed by atoms with van der Waals surface area (Å²) >= 11 is 0. The van der Waals surface area contributed by atoms with Crippen LogP contribution in [-0.2, 0) is 0 Å². The van der Waals surface area contributed by atoms with E-state index in [0.717, 1.165) is 22.7 Å². The molecular formula is C74H68N2. The van der Waals surface area contributed by atoms with E-state index in [0.29, 0.717) is 23.7 Å². The lowest BCUT2D eigenvalue weighted by atomic mass is 9.83. The van der Waals surface area contributed by atoms with Crippen molar-refractivity contribution in [1.82, 2.24) is 0 Å². The average Bonchev–Trinajstić information content (AvgIpc) is 4.28. The van der Waals surface area contributed by atoms with E-state index in [9.17, 15) is 0 Å². The molecule has 11 aromatic carbocycles. The molecule has 0 radical (unpaired) electrons. The maximum Gasteiger partial charge on any atom is 0.0468 e. The first-order chi connectivity index (χ1) is 37.3. The molecule has 0 unspecified atom stereocenters. The molecule has 2 saturated carbocycles. The van der Waals surface area contributed by atoms with Crippen molar-refractivity contribution in [3.63, 3.8) is 0 Å². The minimum atomic E-state index is 0.443. The molecule has 13 rings (SSSR count). The van der Waals surface area contributed by atoms with E-state index in [-0.39, 0.29) is 0 Å². The molecule has 2 nitrogen and oxygen atoms in total. The SMILES string of the molecule is CC(C)c1ccc(N(c2ccc(C3CCCC3)cc2)c2ccc3c(-c4cccc5ccccc45)c4cc(N(c5ccc(C(C)C)cc5)c5ccc(C6CCCC6)cc5)ccc4c(-c4cccc5ccccc45)c3c2)cc1. The number of nitrogens with zero attached hydrogens (tertiary/aromatic N) is 2. The quantitative estimate of drug-likeness (QED) is 0.113. The summed E-state index contributed by atoms with van der Waals surface area (Å²) in [6, 6.07) is 83.9. The Labute approximate surface area is 450 Å². The Morgan fingerprint density at radius 3 is 1.00 bits per heavy atom. The zero-order valence-electron chi connectivity index (χ0n) is 44.6. The average molecular weight is 985 g/mol. The Morgan fingerprint density at radius 1 is 0.303 bits per heavy atom. The van der Waals surface area contributed by atoms with Gasteiger partial charge in [-0.05, 0) is 210 Å². The van der Waals surface area contributed by atoms with Gasteiger partial charge in [0.2, 0.25) is 0 Å². The van der Waals surface area contributed by atoms with Crippen molar-refractivity contribution in [3.8, 4) is 22.3 Å². The molecule has 0 amide bonds. The van der Waals surface area contributed by atoms with Crippen LogP contribution in [0.25, 0.3) is 65.3 Å². The summed E-state index contributed by atoms with van der Waals surface area (Å²) in [7, 11) is 0. The molecule has 374 valence electrons. The van der Waals surface area contributed by atoms with Crippen molar-refractivity contribution < 1.29 is 0 Å². The van der Waals surface area contributed by atoms with Gasteiger partial charge in [0.05, 0.1) is 0 Å². The van der Waals surface area contributed by atoms with Gasteiger partial charge in [0.1, 0.15) is 0 Å². The zero-order valence-corrected chi connectivity index (χ0v) is 44.6. The van der Waals surface area contributed by atoms with E-state index in [1.807, 2.05) is 0 Å². The third-order valence-corrected chi connectivity index (χ3v) is 17.3. The van der Waals surface area contributed by atoms with Crippen LogP contribution >= 0.6 is 0 Å². The predicted octanol–water partition coefficient (Wildman–Crippen LogP) is 22.1. The van der Waals surface area contributed by atoms with Crippen LogP contribution in [0.4, 0.5) is 34.1 Å². The molecule has 0 aromatic heterocycles. The third-order valence-electron chi connectivity index (χ3n) is 17.3. The van der Waals surface area contributed by atoms with Crippen molar-refractivity contribution in [2.45, 2.75) is 103 Å². The van der Waals surface area contributed by atoms with Crippen molar-refractivity contribution >= 4 is 77.2 Å². The van der Waals surface area contributed by atoms with Gasteiger partial charge in [-0.1, -0.05) is 199 Å². The van der Waals surface area contributed by atoms with E-state index >= 15 is 0 Å². The van der Waals surface area contributed by atoms with Gasteiger partial charge in [0, 0.05) is 34.1 Å². The Bertz CT molecular complexity index is 3600. The minimum Gasteiger partial charge on any atom is -0.310 e. The van der Waals surface area contributed by atoms with Crippen molar-refractivity contribution in [2.24, 2.45) is 0 Å². The molecule has 0 spiro atoms. The number of rotatable bonds is 12. The first-order valence-corrected chi connectivity index (χ1v) is 28.3. The highest BCUT2D eigenvalue weighted by Gasteiger charge is 2.25. The van der Waals surface area contributed by atoms with Gasteiger partial charge in [-0.25, -0.2) is 0 Å². The lowest BCUT2D eigenvalue weighted by Crippen LogP contribution is -2.11. The second-order valence-electron chi connectivity index (χ2n) is 22.6. The van der Waals surface area contributed by atoms with Crippen LogP contribution in [0, 0.1) is 0 Å². The van der Waals surface area contributed by atoms with Gasteiger partial charge in [0.15, 0.2) is 0 Å². The largest absolute Gasteiger partial charge is 0.310 e. The number of benzene rings is 11. The maximum absolute atomic E-state index is 2.50. The second kappa shape index (κ2) is 20.3. The normalized spacial score (nSPS) is 14.3. The smallest absolute Gasteiger partial charge is 0.0468 e. The molecule has 2 aliphatic rings. The molecule has 0 N–H and O–H groups in total. The van der Waals surface area contributed by atoms with E-state index in [2.05, 4.69) is 256 Å². The molecule has 2 heteroatoms. The summed E-state index contributed by atoms with van der Waals surface area (Å²) < 4.78 is 0. The summed E-state index contributed by atoms with van der Waals surface area (Å²) in [4.78, 5) is 4.97. The third kappa shape index (κ3) is 8.82. The number of fused-ring (bicyclic) bond motifs is 4. The molecule has 0 bridgehead atoms. The van der Waals surface area contributed by atoms with Crippen LogP contribution in [0.1, 0.15) is 125 Å². The first kappa shape index (κ1) is 47.8. The summed E-state index contributed by atoms with van der Waals surface area (Å²) in [6.07, 6.45) is 10.4. The monoisotopic (exact) mass is 985 g/mol. The van der Waals surface area contributed by atoms with Crippen molar-refractivity contribution in [2.75, 3.05) is 9.80 Å². The van der Waals surface area contributed by atoms with Gasteiger partial charge in [-0.15, -0.1) is 0 Å². The summed E-state index contributed by atoms with van der Waals surface area (Å²) in [6.45, 7) is 9.12. The lowest BCUT2D eigenvalue weighted by Gasteiger charge is -2.29. The van der Waals surface area contributed by atoms with Crippen LogP contribution in [0.5, 0.6) is 0 Å². The highest BCUT2D eigenvalue weighted by atomic mass is 15.1. The van der Waals surface area contributed by atoms with Crippen LogP contribution in [0.3, 0.4) is 0 Å². The number of hydrogen-bond donors (Lipinski definition) is 0. The Hall–Kier alpha value is -7.94. The molecule has 0 heterocycles. The predicted molar refractivity (Wildman–Crippen MR) is 327 cm³/mol. The highest BCUT2D eigenvalue weighted by Crippen LogP contribution is 2.51. The lowest BCUT2D eigenvalue weighted by molar-refractivity contribution is 0.723. The molecule has 2 fully saturated rings. The fraction of sp³-hybridized carbons (Fsp3) is 0.216. The molecule has 76 heavy (non-hydrogen) atoms. The fourth-order valence-corrected chi connectivity index (χ4v) is 13.2. The van der Waals surface area contributed by atoms with Crippen LogP contribution in [0.15, 0.2) is 218 Å². The van der Waals surface area contributed by atoms with E-state index < -0.39 is 0 Å². The van der Waals surface area contributed by atoms with Crippen LogP contribution in [0.2, 0.25) is 0 Å². The van der Waals surface area contributed by atoms with Gasteiger partial charge < -0.3 is 9.80 Å². The Kier molecular flexibility index (Phi) is 12.8. The molecule has 11 aromatic rings. The fourth-order valence-electron chi connectivity index (χ4n) is 13.2. The van der Waals surface area contributed by atoms with Gasteiger partial charge in [-0.2, -0.15) is 0 Å². The topological polar surface area (TPSA) is 6.48 Å². The second-order valence-corrected chi connectivity index (χ2v) is 22.6. The summed E-state index contributed by atoms with van der Waals surface area (Å²) in [5, 5.41) is 9.88. The standard InChI is InChI=1S/C74H68N2/c1-49(2)51-27-35-59(36-28-51)75(61-39-31-55(32-40-61)53-15-5-6-16-53)63-43-45-69-71(47-63)73(67-25-13-21-57-19-9-11-23-65(57)67)70-46-44-64(48-72(70)74(69)68-26-14-22-58-20-10-12-24-66(58)68)76(60-37-29-52(30-38-60)50(3)4)62-41-33-56(34-42-62)54-17-7-8-18-54/h9-14,19-50,53-54H,5-8,15-18H2,1-4H3. The minimum absolute atomic E-state index is 0.443. The maximum atomic E-state index is 2.50. The van der Waals surface area contributed by atoms with Gasteiger partial charge in [-0.3, -0.25) is 0 Å². The van der Waals surface area contributed by atoms with Crippen LogP contribution in [-0.4, -0.2) is 0 Å². The molecule has 0 atom stereocenters. The zero-order chi connectivity index (χ0) is 51.3. The highest BCUT2D eigenvalue weighted by molar-refractivity contribution is 6.26. The Morgan fingerprint density at radius 2 is 0.632 bits per heavy atom. The summed E-state index contributed by atoms with van der Waals surface area (Å²) in [5.74, 6) is 2.19. The van der Waals surface area contributed by atoms with E-state index in [1.54, 1.807) is 0 Å². The van der Waals surface area contributed by atoms with Crippen molar-refractivity contribution in [1.29, 1.82) is 0 Å². The first-order valence-electron chi connectivity index (χ1n) is 28.3. The van der Waals surface area contributed by atoms with Gasteiger partial charge >= 0.3 is 0 Å². The summed E-state index contributed by atoms with van der Waals surface area (Å²) in [5.41, 5.74) is 17.5. The van der Waals surface area contributed by atoms with Gasteiger partial charge in [0.25, 0.3) is 0 Å². The molecule has 2 aliphatic carbocycles. The number of hydrogen-bond acceptors (Lipinski definition) is 2. The molecule has 0 aliphatic heterocycles. The Balaban J connectivity index is 1.10. The molecular weight excluding hydrogens is 917 g/mol. The van der Waals surface area contributed by atoms with Crippen LogP contribution < -0.4 is 9.80 Å². The van der Waals surface area contributed by atoms with E-state index in [4.69, 9.17) is 0 Å². The number of anilines is 6. The molecule has 0 saturated heterocycles. The van der Waals surface area contributed by atoms with E-state index in [1.165, 1.54) is 150 Å². The van der Waals surface area contributed by atoms with Crippen molar-refractivity contribution in [3.05, 3.63) is 241 Å².